The molecule has 0 bridgehead atoms. The van der Waals surface area contributed by atoms with Gasteiger partial charge in [-0.15, -0.1) is 35.3 Å². The summed E-state index contributed by atoms with van der Waals surface area (Å²) in [7, 11) is 1.69. The first-order valence-electron chi connectivity index (χ1n) is 8.40. The summed E-state index contributed by atoms with van der Waals surface area (Å²) in [5.74, 6) is 0.687. The molecule has 2 aromatic rings. The van der Waals surface area contributed by atoms with Gasteiger partial charge in [0.1, 0.15) is 0 Å². The Balaban J connectivity index is 0.00000364. The van der Waals surface area contributed by atoms with E-state index in [1.165, 1.54) is 12.1 Å². The molecule has 0 amide bonds. The first-order chi connectivity index (χ1) is 12.4. The Morgan fingerprint density at radius 3 is 2.33 bits per heavy atom. The zero-order valence-corrected chi connectivity index (χ0v) is 18.4. The number of nitrogens with zero attached hydrogens (tertiary/aromatic N) is 2. The molecule has 0 atom stereocenters. The number of hydrogen-bond acceptors (Lipinski definition) is 3. The third-order valence-corrected chi connectivity index (χ3v) is 4.76. The topological polar surface area (TPSA) is 49.3 Å². The van der Waals surface area contributed by atoms with Gasteiger partial charge in [0, 0.05) is 37.6 Å². The summed E-state index contributed by atoms with van der Waals surface area (Å²) in [5, 5.41) is 9.58. The molecule has 0 fully saturated rings. The molecule has 1 aromatic carbocycles. The summed E-state index contributed by atoms with van der Waals surface area (Å²) in [4.78, 5) is 8.57. The van der Waals surface area contributed by atoms with E-state index in [-0.39, 0.29) is 24.0 Å². The maximum atomic E-state index is 12.5. The highest BCUT2D eigenvalue weighted by atomic mass is 127. The van der Waals surface area contributed by atoms with Crippen LogP contribution in [0.4, 0.5) is 13.2 Å². The van der Waals surface area contributed by atoms with Gasteiger partial charge in [-0.25, -0.2) is 4.98 Å². The van der Waals surface area contributed by atoms with Gasteiger partial charge in [-0.3, -0.25) is 4.99 Å². The molecule has 0 aliphatic carbocycles. The molecule has 1 aromatic heterocycles. The quantitative estimate of drug-likeness (QED) is 0.250. The van der Waals surface area contributed by atoms with Crippen molar-refractivity contribution in [1.82, 2.24) is 15.6 Å². The minimum Gasteiger partial charge on any atom is -0.356 e. The zero-order chi connectivity index (χ0) is 19.0. The Kier molecular flexibility index (Phi) is 10.1. The van der Waals surface area contributed by atoms with Gasteiger partial charge in [0.2, 0.25) is 0 Å². The van der Waals surface area contributed by atoms with Crippen molar-refractivity contribution in [2.75, 3.05) is 20.1 Å². The largest absolute Gasteiger partial charge is 0.416 e. The molecule has 0 aliphatic rings. The lowest BCUT2D eigenvalue weighted by atomic mass is 10.1. The fraction of sp³-hybridized carbons (Fsp3) is 0.444. The average Bonchev–Trinajstić information content (AvgIpc) is 3.02. The number of aromatic nitrogens is 1. The standard InChI is InChI=1S/C18H23F3N4S.HI/c1-13-12-26-16(25-13)4-3-10-23-17(22-2)24-11-9-14-5-7-15(8-6-14)18(19,20)21;/h5-8,12H,3-4,9-11H2,1-2H3,(H2,22,23,24);1H. The summed E-state index contributed by atoms with van der Waals surface area (Å²) in [6.07, 6.45) is -1.79. The first kappa shape index (κ1) is 23.7. The molecule has 0 saturated heterocycles. The van der Waals surface area contributed by atoms with Crippen LogP contribution in [0.1, 0.15) is 28.2 Å². The number of halogens is 4. The predicted octanol–water partition coefficient (Wildman–Crippen LogP) is 4.43. The summed E-state index contributed by atoms with van der Waals surface area (Å²) in [5.41, 5.74) is 1.28. The normalized spacial score (nSPS) is 11.8. The highest BCUT2D eigenvalue weighted by molar-refractivity contribution is 14.0. The Bertz CT molecular complexity index is 714. The molecule has 150 valence electrons. The van der Waals surface area contributed by atoms with Gasteiger partial charge in [-0.1, -0.05) is 12.1 Å². The number of rotatable bonds is 7. The lowest BCUT2D eigenvalue weighted by Gasteiger charge is -2.12. The Morgan fingerprint density at radius 2 is 1.78 bits per heavy atom. The molecule has 1 heterocycles. The van der Waals surface area contributed by atoms with E-state index < -0.39 is 11.7 Å². The van der Waals surface area contributed by atoms with Crippen LogP contribution in [0.2, 0.25) is 0 Å². The van der Waals surface area contributed by atoms with Crippen molar-refractivity contribution in [2.45, 2.75) is 32.4 Å². The van der Waals surface area contributed by atoms with Crippen molar-refractivity contribution in [3.63, 3.8) is 0 Å². The maximum absolute atomic E-state index is 12.5. The van der Waals surface area contributed by atoms with Crippen LogP contribution in [-0.4, -0.2) is 31.1 Å². The van der Waals surface area contributed by atoms with E-state index >= 15 is 0 Å². The number of hydrogen-bond donors (Lipinski definition) is 2. The molecule has 0 spiro atoms. The Labute approximate surface area is 178 Å². The van der Waals surface area contributed by atoms with Crippen molar-refractivity contribution < 1.29 is 13.2 Å². The highest BCUT2D eigenvalue weighted by Crippen LogP contribution is 2.29. The minimum atomic E-state index is -4.29. The lowest BCUT2D eigenvalue weighted by molar-refractivity contribution is -0.137. The van der Waals surface area contributed by atoms with Crippen molar-refractivity contribution in [3.05, 3.63) is 51.5 Å². The van der Waals surface area contributed by atoms with Crippen LogP contribution in [0.3, 0.4) is 0 Å². The molecule has 0 aliphatic heterocycles. The van der Waals surface area contributed by atoms with Crippen LogP contribution in [0.25, 0.3) is 0 Å². The van der Waals surface area contributed by atoms with Gasteiger partial charge >= 0.3 is 6.18 Å². The number of guanidine groups is 1. The van der Waals surface area contributed by atoms with E-state index in [9.17, 15) is 13.2 Å². The average molecular weight is 512 g/mol. The van der Waals surface area contributed by atoms with Crippen LogP contribution in [0.15, 0.2) is 34.6 Å². The van der Waals surface area contributed by atoms with E-state index in [0.717, 1.165) is 47.8 Å². The number of aryl methyl sites for hydroxylation is 2. The second-order valence-corrected chi connectivity index (χ2v) is 6.80. The van der Waals surface area contributed by atoms with Crippen LogP contribution in [0, 0.1) is 6.92 Å². The lowest BCUT2D eigenvalue weighted by Crippen LogP contribution is -2.38. The third kappa shape index (κ3) is 8.46. The maximum Gasteiger partial charge on any atom is 0.416 e. The van der Waals surface area contributed by atoms with E-state index in [1.807, 2.05) is 12.3 Å². The van der Waals surface area contributed by atoms with Crippen molar-refractivity contribution >= 4 is 41.3 Å². The van der Waals surface area contributed by atoms with Crippen molar-refractivity contribution in [3.8, 4) is 0 Å². The third-order valence-electron chi connectivity index (χ3n) is 3.74. The van der Waals surface area contributed by atoms with Gasteiger partial charge in [0.15, 0.2) is 5.96 Å². The Morgan fingerprint density at radius 1 is 1.11 bits per heavy atom. The minimum absolute atomic E-state index is 0. The smallest absolute Gasteiger partial charge is 0.356 e. The van der Waals surface area contributed by atoms with Crippen LogP contribution >= 0.6 is 35.3 Å². The molecule has 2 N–H and O–H groups in total. The Hall–Kier alpha value is -1.36. The van der Waals surface area contributed by atoms with Gasteiger partial charge in [0.05, 0.1) is 10.6 Å². The van der Waals surface area contributed by atoms with E-state index in [2.05, 4.69) is 20.6 Å². The van der Waals surface area contributed by atoms with Gasteiger partial charge < -0.3 is 10.6 Å². The molecule has 4 nitrogen and oxygen atoms in total. The monoisotopic (exact) mass is 512 g/mol. The molecule has 0 radical (unpaired) electrons. The van der Waals surface area contributed by atoms with Gasteiger partial charge in [-0.05, 0) is 37.5 Å². The van der Waals surface area contributed by atoms with Gasteiger partial charge in [0.25, 0.3) is 0 Å². The van der Waals surface area contributed by atoms with Crippen LogP contribution in [-0.2, 0) is 19.0 Å². The first-order valence-corrected chi connectivity index (χ1v) is 9.28. The predicted molar refractivity (Wildman–Crippen MR) is 115 cm³/mol. The number of nitrogens with one attached hydrogen (secondary N) is 2. The summed E-state index contributed by atoms with van der Waals surface area (Å²) >= 11 is 1.67. The van der Waals surface area contributed by atoms with Crippen LogP contribution < -0.4 is 10.6 Å². The molecular formula is C18H24F3IN4S. The SMILES string of the molecule is CN=C(NCCCc1nc(C)cs1)NCCc1ccc(C(F)(F)F)cc1.I. The fourth-order valence-corrected chi connectivity index (χ4v) is 3.19. The summed E-state index contributed by atoms with van der Waals surface area (Å²) < 4.78 is 37.6. The fourth-order valence-electron chi connectivity index (χ4n) is 2.37. The van der Waals surface area contributed by atoms with E-state index in [0.29, 0.717) is 18.9 Å². The number of aliphatic imine (C=N–C) groups is 1. The molecule has 27 heavy (non-hydrogen) atoms. The second kappa shape index (κ2) is 11.5. The number of thiazole rings is 1. The molecular weight excluding hydrogens is 488 g/mol. The van der Waals surface area contributed by atoms with E-state index in [4.69, 9.17) is 0 Å². The molecule has 9 heteroatoms. The summed E-state index contributed by atoms with van der Waals surface area (Å²) in [6, 6.07) is 5.25. The van der Waals surface area contributed by atoms with Gasteiger partial charge in [-0.2, -0.15) is 13.2 Å². The number of benzene rings is 1. The van der Waals surface area contributed by atoms with Crippen LogP contribution in [0.5, 0.6) is 0 Å². The van der Waals surface area contributed by atoms with Crippen molar-refractivity contribution in [2.24, 2.45) is 4.99 Å². The molecule has 0 unspecified atom stereocenters. The molecule has 0 saturated carbocycles. The van der Waals surface area contributed by atoms with Crippen molar-refractivity contribution in [1.29, 1.82) is 0 Å². The zero-order valence-electron chi connectivity index (χ0n) is 15.3. The second-order valence-electron chi connectivity index (χ2n) is 5.86. The highest BCUT2D eigenvalue weighted by Gasteiger charge is 2.29. The number of alkyl halides is 3. The summed E-state index contributed by atoms with van der Waals surface area (Å²) in [6.45, 7) is 3.36. The molecule has 2 rings (SSSR count). The van der Waals surface area contributed by atoms with E-state index in [1.54, 1.807) is 18.4 Å².